The van der Waals surface area contributed by atoms with Crippen LogP contribution in [0.2, 0.25) is 5.02 Å². The van der Waals surface area contributed by atoms with Crippen LogP contribution in [0.25, 0.3) is 0 Å². The fraction of sp³-hybridized carbons (Fsp3) is 0.421. The van der Waals surface area contributed by atoms with E-state index in [1.54, 1.807) is 26.0 Å². The van der Waals surface area contributed by atoms with Crippen LogP contribution in [0.3, 0.4) is 0 Å². The minimum atomic E-state index is -0.517. The molecule has 6 nitrogen and oxygen atoms in total. The summed E-state index contributed by atoms with van der Waals surface area (Å²) in [5.74, 6) is 0.0301. The van der Waals surface area contributed by atoms with E-state index in [0.29, 0.717) is 29.6 Å². The summed E-state index contributed by atoms with van der Waals surface area (Å²) in [7, 11) is 0. The van der Waals surface area contributed by atoms with E-state index in [-0.39, 0.29) is 18.0 Å². The molecule has 0 radical (unpaired) electrons. The van der Waals surface area contributed by atoms with Crippen LogP contribution in [-0.2, 0) is 21.5 Å². The second kappa shape index (κ2) is 8.36. The second-order valence-electron chi connectivity index (χ2n) is 6.56. The Hall–Kier alpha value is -2.34. The van der Waals surface area contributed by atoms with Gasteiger partial charge in [0.15, 0.2) is 5.69 Å². The van der Waals surface area contributed by atoms with Gasteiger partial charge in [-0.25, -0.2) is 9.78 Å². The number of aryl methyl sites for hydroxylation is 2. The molecule has 2 rings (SSSR count). The minimum absolute atomic E-state index is 0.100. The van der Waals surface area contributed by atoms with Crippen LogP contribution in [-0.4, -0.2) is 28.5 Å². The van der Waals surface area contributed by atoms with Gasteiger partial charge in [-0.05, 0) is 45.4 Å². The standard InChI is InChI=1S/C19H24ClN3O3/c1-5-26-18(25)17-12(2)21-15(22-17)10-11-16(24)23-19(3,4)13-6-8-14(20)9-7-13/h6-9H,5,10-11H2,1-4H3,(H,21,22)(H,23,24). The highest BCUT2D eigenvalue weighted by Gasteiger charge is 2.23. The first kappa shape index (κ1) is 20.0. The fourth-order valence-electron chi connectivity index (χ4n) is 2.62. The number of esters is 1. The Morgan fingerprint density at radius 1 is 1.27 bits per heavy atom. The summed E-state index contributed by atoms with van der Waals surface area (Å²) >= 11 is 5.91. The Morgan fingerprint density at radius 3 is 2.54 bits per heavy atom. The zero-order valence-electron chi connectivity index (χ0n) is 15.5. The van der Waals surface area contributed by atoms with Crippen molar-refractivity contribution in [2.75, 3.05) is 6.61 Å². The number of benzene rings is 1. The van der Waals surface area contributed by atoms with E-state index in [0.717, 1.165) is 5.56 Å². The summed E-state index contributed by atoms with van der Waals surface area (Å²) in [6, 6.07) is 7.38. The molecule has 0 aliphatic carbocycles. The number of aromatic nitrogens is 2. The fourth-order valence-corrected chi connectivity index (χ4v) is 2.75. The number of ether oxygens (including phenoxy) is 1. The number of amides is 1. The van der Waals surface area contributed by atoms with E-state index in [4.69, 9.17) is 16.3 Å². The third-order valence-corrected chi connectivity index (χ3v) is 4.26. The first-order valence-corrected chi connectivity index (χ1v) is 8.90. The van der Waals surface area contributed by atoms with Crippen molar-refractivity contribution in [2.45, 2.75) is 46.1 Å². The third-order valence-electron chi connectivity index (χ3n) is 4.01. The van der Waals surface area contributed by atoms with E-state index in [1.165, 1.54) is 0 Å². The average Bonchev–Trinajstić information content (AvgIpc) is 2.94. The first-order chi connectivity index (χ1) is 12.2. The molecule has 0 atom stereocenters. The lowest BCUT2D eigenvalue weighted by molar-refractivity contribution is -0.122. The zero-order valence-corrected chi connectivity index (χ0v) is 16.2. The Bertz CT molecular complexity index is 782. The van der Waals surface area contributed by atoms with Gasteiger partial charge in [0.1, 0.15) is 5.82 Å². The van der Waals surface area contributed by atoms with Crippen molar-refractivity contribution >= 4 is 23.5 Å². The Morgan fingerprint density at radius 2 is 1.92 bits per heavy atom. The van der Waals surface area contributed by atoms with Crippen LogP contribution in [0.15, 0.2) is 24.3 Å². The van der Waals surface area contributed by atoms with Gasteiger partial charge in [0.05, 0.1) is 12.1 Å². The molecule has 1 aromatic heterocycles. The Kier molecular flexibility index (Phi) is 6.42. The number of H-pyrrole nitrogens is 1. The van der Waals surface area contributed by atoms with Gasteiger partial charge in [-0.3, -0.25) is 4.79 Å². The number of nitrogens with one attached hydrogen (secondary N) is 2. The molecule has 0 aliphatic heterocycles. The molecule has 2 aromatic rings. The highest BCUT2D eigenvalue weighted by atomic mass is 35.5. The molecule has 1 heterocycles. The molecule has 0 fully saturated rings. The van der Waals surface area contributed by atoms with Crippen molar-refractivity contribution in [3.05, 3.63) is 52.1 Å². The summed E-state index contributed by atoms with van der Waals surface area (Å²) in [5, 5.41) is 3.67. The number of rotatable bonds is 7. The lowest BCUT2D eigenvalue weighted by Crippen LogP contribution is -2.41. The van der Waals surface area contributed by atoms with Gasteiger partial charge in [-0.1, -0.05) is 23.7 Å². The maximum Gasteiger partial charge on any atom is 0.358 e. The molecular weight excluding hydrogens is 354 g/mol. The van der Waals surface area contributed by atoms with E-state index < -0.39 is 11.5 Å². The molecule has 0 aliphatic rings. The number of halogens is 1. The maximum atomic E-state index is 12.3. The molecule has 140 valence electrons. The quantitative estimate of drug-likeness (QED) is 0.723. The van der Waals surface area contributed by atoms with Crippen molar-refractivity contribution in [3.8, 4) is 0 Å². The Labute approximate surface area is 158 Å². The number of hydrogen-bond donors (Lipinski definition) is 2. The van der Waals surface area contributed by atoms with Gasteiger partial charge in [0.2, 0.25) is 5.91 Å². The second-order valence-corrected chi connectivity index (χ2v) is 6.99. The SMILES string of the molecule is CCOC(=O)c1nc(CCC(=O)NC(C)(C)c2ccc(Cl)cc2)[nH]c1C. The predicted octanol–water partition coefficient (Wildman–Crippen LogP) is 3.53. The smallest absolute Gasteiger partial charge is 0.358 e. The highest BCUT2D eigenvalue weighted by molar-refractivity contribution is 6.30. The van der Waals surface area contributed by atoms with Crippen LogP contribution in [0.1, 0.15) is 54.8 Å². The van der Waals surface area contributed by atoms with Crippen molar-refractivity contribution in [2.24, 2.45) is 0 Å². The summed E-state index contributed by atoms with van der Waals surface area (Å²) in [6.45, 7) is 7.66. The van der Waals surface area contributed by atoms with Gasteiger partial charge < -0.3 is 15.0 Å². The van der Waals surface area contributed by atoms with E-state index in [1.807, 2.05) is 26.0 Å². The van der Waals surface area contributed by atoms with Crippen molar-refractivity contribution in [1.29, 1.82) is 0 Å². The van der Waals surface area contributed by atoms with Crippen LogP contribution >= 0.6 is 11.6 Å². The predicted molar refractivity (Wildman–Crippen MR) is 100 cm³/mol. The highest BCUT2D eigenvalue weighted by Crippen LogP contribution is 2.22. The molecule has 0 saturated heterocycles. The van der Waals surface area contributed by atoms with E-state index in [9.17, 15) is 9.59 Å². The summed E-state index contributed by atoms with van der Waals surface area (Å²) in [5.41, 5.74) is 1.36. The molecule has 0 saturated carbocycles. The van der Waals surface area contributed by atoms with Gasteiger partial charge in [0, 0.05) is 23.6 Å². The summed E-state index contributed by atoms with van der Waals surface area (Å²) < 4.78 is 4.96. The minimum Gasteiger partial charge on any atom is -0.461 e. The Balaban J connectivity index is 1.95. The number of carbonyl (C=O) groups is 2. The van der Waals surface area contributed by atoms with Gasteiger partial charge in [-0.2, -0.15) is 0 Å². The molecular formula is C19H24ClN3O3. The number of hydrogen-bond acceptors (Lipinski definition) is 4. The molecule has 0 unspecified atom stereocenters. The number of carbonyl (C=O) groups excluding carboxylic acids is 2. The van der Waals surface area contributed by atoms with Crippen LogP contribution in [0, 0.1) is 6.92 Å². The molecule has 2 N–H and O–H groups in total. The lowest BCUT2D eigenvalue weighted by atomic mass is 9.94. The van der Waals surface area contributed by atoms with E-state index >= 15 is 0 Å². The molecule has 26 heavy (non-hydrogen) atoms. The maximum absolute atomic E-state index is 12.3. The summed E-state index contributed by atoms with van der Waals surface area (Å²) in [6.07, 6.45) is 0.662. The molecule has 1 aromatic carbocycles. The monoisotopic (exact) mass is 377 g/mol. The molecule has 0 spiro atoms. The van der Waals surface area contributed by atoms with Gasteiger partial charge in [-0.15, -0.1) is 0 Å². The normalized spacial score (nSPS) is 11.3. The largest absolute Gasteiger partial charge is 0.461 e. The molecule has 0 bridgehead atoms. The van der Waals surface area contributed by atoms with Gasteiger partial charge in [0.25, 0.3) is 0 Å². The summed E-state index contributed by atoms with van der Waals surface area (Å²) in [4.78, 5) is 31.4. The average molecular weight is 378 g/mol. The zero-order chi connectivity index (χ0) is 19.3. The van der Waals surface area contributed by atoms with E-state index in [2.05, 4.69) is 15.3 Å². The molecule has 7 heteroatoms. The van der Waals surface area contributed by atoms with Crippen LogP contribution in [0.5, 0.6) is 0 Å². The number of nitrogens with zero attached hydrogens (tertiary/aromatic N) is 1. The van der Waals surface area contributed by atoms with Crippen molar-refractivity contribution in [1.82, 2.24) is 15.3 Å². The topological polar surface area (TPSA) is 84.1 Å². The number of aromatic amines is 1. The van der Waals surface area contributed by atoms with Crippen molar-refractivity contribution in [3.63, 3.8) is 0 Å². The van der Waals surface area contributed by atoms with Crippen LogP contribution in [0.4, 0.5) is 0 Å². The van der Waals surface area contributed by atoms with Crippen LogP contribution < -0.4 is 5.32 Å². The lowest BCUT2D eigenvalue weighted by Gasteiger charge is -2.27. The van der Waals surface area contributed by atoms with Gasteiger partial charge >= 0.3 is 5.97 Å². The first-order valence-electron chi connectivity index (χ1n) is 8.52. The van der Waals surface area contributed by atoms with Crippen molar-refractivity contribution < 1.29 is 14.3 Å². The number of imidazole rings is 1. The molecule has 1 amide bonds. The third kappa shape index (κ3) is 5.08.